The molecule has 5 amide bonds. The van der Waals surface area contributed by atoms with E-state index in [4.69, 9.17) is 9.47 Å². The predicted octanol–water partition coefficient (Wildman–Crippen LogP) is 8.04. The molecule has 1 aliphatic rings. The Morgan fingerprint density at radius 3 is 2.19 bits per heavy atom. The highest BCUT2D eigenvalue weighted by Gasteiger charge is 2.38. The molecule has 0 saturated carbocycles. The fourth-order valence-electron chi connectivity index (χ4n) is 6.98. The van der Waals surface area contributed by atoms with E-state index in [0.717, 1.165) is 5.56 Å². The molecule has 316 valence electrons. The van der Waals surface area contributed by atoms with Gasteiger partial charge in [-0.1, -0.05) is 76.2 Å². The zero-order valence-corrected chi connectivity index (χ0v) is 36.1. The van der Waals surface area contributed by atoms with E-state index in [9.17, 15) is 28.8 Å². The number of aromatic nitrogens is 1. The first-order valence-electron chi connectivity index (χ1n) is 20.1. The van der Waals surface area contributed by atoms with Gasteiger partial charge in [0.15, 0.2) is 6.10 Å². The van der Waals surface area contributed by atoms with E-state index in [1.54, 1.807) is 61.4 Å². The minimum Gasteiger partial charge on any atom is -0.455 e. The maximum Gasteiger partial charge on any atom is 0.433 e. The number of aliphatic imine (C=N–C) groups is 1. The molecular weight excluding hydrogens is 771 g/mol. The smallest absolute Gasteiger partial charge is 0.433 e. The van der Waals surface area contributed by atoms with Crippen molar-refractivity contribution in [3.05, 3.63) is 100 Å². The summed E-state index contributed by atoms with van der Waals surface area (Å²) < 4.78 is 11.3. The van der Waals surface area contributed by atoms with Crippen LogP contribution in [0.1, 0.15) is 128 Å². The number of carbonyl (C=O) groups excluding carboxylic acids is 6. The van der Waals surface area contributed by atoms with E-state index in [2.05, 4.69) is 21.9 Å². The SMILES string of the molecule is C=C[C@@H](CC)C(/C=N/C(=O)OC(C)(C)C)C(=O)N(CCCN1C(=O)c2ccccc2C1=O)[C@H](C[C@@H](OC(C)=O)c1nc(C(=O)NC[C@@H](C)c2ccccc2)cs1)C(C)C. The normalized spacial score (nSPS) is 15.3. The Kier molecular flexibility index (Phi) is 16.4. The van der Waals surface area contributed by atoms with E-state index >= 15 is 0 Å². The van der Waals surface area contributed by atoms with Crippen molar-refractivity contribution in [3.63, 3.8) is 0 Å². The first-order chi connectivity index (χ1) is 27.9. The number of amides is 5. The Morgan fingerprint density at radius 2 is 1.63 bits per heavy atom. The van der Waals surface area contributed by atoms with E-state index in [-0.39, 0.29) is 55.3 Å². The molecule has 5 atom stereocenters. The van der Waals surface area contributed by atoms with Gasteiger partial charge >= 0.3 is 12.1 Å². The Hall–Kier alpha value is -5.50. The van der Waals surface area contributed by atoms with Gasteiger partial charge < -0.3 is 19.7 Å². The number of allylic oxidation sites excluding steroid dienone is 1. The number of nitrogens with zero attached hydrogens (tertiary/aromatic N) is 4. The van der Waals surface area contributed by atoms with Gasteiger partial charge in [0.05, 0.1) is 17.0 Å². The molecule has 0 saturated heterocycles. The van der Waals surface area contributed by atoms with Crippen LogP contribution in [0, 0.1) is 17.8 Å². The van der Waals surface area contributed by atoms with Crippen LogP contribution in [-0.2, 0) is 19.1 Å². The second-order valence-corrected chi connectivity index (χ2v) is 16.9. The molecule has 0 aliphatic carbocycles. The zero-order chi connectivity index (χ0) is 43.4. The van der Waals surface area contributed by atoms with Gasteiger partial charge in [0.1, 0.15) is 16.3 Å². The number of rotatable bonds is 19. The average Bonchev–Trinajstić information content (AvgIpc) is 3.78. The highest BCUT2D eigenvalue weighted by Crippen LogP contribution is 2.33. The van der Waals surface area contributed by atoms with Crippen molar-refractivity contribution in [2.24, 2.45) is 22.7 Å². The van der Waals surface area contributed by atoms with Crippen molar-refractivity contribution in [1.82, 2.24) is 20.1 Å². The van der Waals surface area contributed by atoms with Crippen molar-refractivity contribution in [1.29, 1.82) is 0 Å². The van der Waals surface area contributed by atoms with Crippen LogP contribution in [0.2, 0.25) is 0 Å². The first kappa shape index (κ1) is 46.2. The molecule has 2 aromatic carbocycles. The van der Waals surface area contributed by atoms with Crippen molar-refractivity contribution in [2.75, 3.05) is 19.6 Å². The number of hydrogen-bond acceptors (Lipinski definition) is 10. The second-order valence-electron chi connectivity index (χ2n) is 16.0. The van der Waals surface area contributed by atoms with Gasteiger partial charge in [-0.05, 0) is 69.1 Å². The van der Waals surface area contributed by atoms with Gasteiger partial charge in [0.2, 0.25) is 5.91 Å². The molecule has 4 rings (SSSR count). The van der Waals surface area contributed by atoms with Crippen molar-refractivity contribution in [3.8, 4) is 0 Å². The van der Waals surface area contributed by atoms with Crippen LogP contribution < -0.4 is 5.32 Å². The van der Waals surface area contributed by atoms with Crippen molar-refractivity contribution in [2.45, 2.75) is 98.3 Å². The van der Waals surface area contributed by atoms with Crippen molar-refractivity contribution < 1.29 is 38.2 Å². The Labute approximate surface area is 351 Å². The van der Waals surface area contributed by atoms with Crippen LogP contribution in [0.4, 0.5) is 4.79 Å². The summed E-state index contributed by atoms with van der Waals surface area (Å²) in [7, 11) is 0. The van der Waals surface area contributed by atoms with E-state index in [0.29, 0.717) is 29.1 Å². The van der Waals surface area contributed by atoms with Crippen LogP contribution in [0.3, 0.4) is 0 Å². The lowest BCUT2D eigenvalue weighted by Gasteiger charge is -2.39. The molecule has 1 N–H and O–H groups in total. The highest BCUT2D eigenvalue weighted by atomic mass is 32.1. The topological polar surface area (TPSA) is 165 Å². The molecule has 0 fully saturated rings. The number of ether oxygens (including phenoxy) is 2. The highest BCUT2D eigenvalue weighted by molar-refractivity contribution is 7.09. The molecule has 59 heavy (non-hydrogen) atoms. The molecule has 1 aromatic heterocycles. The lowest BCUT2D eigenvalue weighted by Crippen LogP contribution is -2.49. The fraction of sp³-hybridized carbons (Fsp3) is 0.467. The lowest BCUT2D eigenvalue weighted by molar-refractivity contribution is -0.149. The summed E-state index contributed by atoms with van der Waals surface area (Å²) in [6.45, 7) is 18.7. The number of benzene rings is 2. The fourth-order valence-corrected chi connectivity index (χ4v) is 7.82. The Balaban J connectivity index is 1.65. The average molecular weight is 828 g/mol. The van der Waals surface area contributed by atoms with Gasteiger partial charge in [0, 0.05) is 50.6 Å². The second kappa shape index (κ2) is 21.0. The number of thiazole rings is 1. The number of fused-ring (bicyclic) bond motifs is 1. The summed E-state index contributed by atoms with van der Waals surface area (Å²) in [5.41, 5.74) is 1.10. The predicted molar refractivity (Wildman–Crippen MR) is 227 cm³/mol. The van der Waals surface area contributed by atoms with Gasteiger partial charge in [-0.2, -0.15) is 4.99 Å². The van der Waals surface area contributed by atoms with E-state index in [1.807, 2.05) is 58.0 Å². The lowest BCUT2D eigenvalue weighted by atomic mass is 9.87. The van der Waals surface area contributed by atoms with Crippen LogP contribution in [0.15, 0.2) is 77.6 Å². The van der Waals surface area contributed by atoms with Gasteiger partial charge in [-0.25, -0.2) is 9.78 Å². The largest absolute Gasteiger partial charge is 0.455 e. The number of hydrogen-bond donors (Lipinski definition) is 1. The summed E-state index contributed by atoms with van der Waals surface area (Å²) in [4.78, 5) is 91.5. The molecule has 13 nitrogen and oxygen atoms in total. The number of nitrogens with one attached hydrogen (secondary N) is 1. The van der Waals surface area contributed by atoms with Crippen LogP contribution in [-0.4, -0.2) is 88.0 Å². The maximum absolute atomic E-state index is 15.0. The molecule has 0 bridgehead atoms. The third kappa shape index (κ3) is 12.5. The third-order valence-electron chi connectivity index (χ3n) is 10.1. The Bertz CT molecular complexity index is 1970. The molecule has 0 spiro atoms. The third-order valence-corrected chi connectivity index (χ3v) is 11.0. The van der Waals surface area contributed by atoms with Gasteiger partial charge in [-0.3, -0.25) is 28.9 Å². The van der Waals surface area contributed by atoms with Crippen LogP contribution in [0.5, 0.6) is 0 Å². The molecule has 14 heteroatoms. The van der Waals surface area contributed by atoms with Crippen molar-refractivity contribution >= 4 is 53.2 Å². The van der Waals surface area contributed by atoms with Gasteiger partial charge in [0.25, 0.3) is 17.7 Å². The number of carbonyl (C=O) groups is 6. The minimum atomic E-state index is -0.939. The van der Waals surface area contributed by atoms with Gasteiger partial charge in [-0.15, -0.1) is 17.9 Å². The summed E-state index contributed by atoms with van der Waals surface area (Å²) in [6, 6.07) is 15.9. The number of esters is 1. The molecule has 2 heterocycles. The van der Waals surface area contributed by atoms with Crippen LogP contribution >= 0.6 is 11.3 Å². The Morgan fingerprint density at radius 1 is 1.00 bits per heavy atom. The maximum atomic E-state index is 15.0. The quantitative estimate of drug-likeness (QED) is 0.0545. The monoisotopic (exact) mass is 827 g/mol. The zero-order valence-electron chi connectivity index (χ0n) is 35.3. The number of imide groups is 1. The first-order valence-corrected chi connectivity index (χ1v) is 20.9. The van der Waals surface area contributed by atoms with E-state index in [1.165, 1.54) is 29.4 Å². The standard InChI is InChI=1S/C45H57N5O8S/c1-10-31(11-2)35(26-47-44(56)58-45(7,8)9)43(55)49(22-17-23-50-41(53)33-20-15-16-21-34(33)42(50)54)37(28(3)4)24-38(57-30(6)51)40-48-36(27-59-40)39(52)46-25-29(5)32-18-13-12-14-19-32/h10,12-16,18-21,26-29,31,35,37-38H,1,11,17,22-25H2,2-9H3,(H,46,52)/b47-26+/t29-,31+,35?,37-,38-/m1/s1. The molecule has 1 unspecified atom stereocenters. The molecule has 3 aromatic rings. The van der Waals surface area contributed by atoms with Crippen LogP contribution in [0.25, 0.3) is 0 Å². The summed E-state index contributed by atoms with van der Waals surface area (Å²) >= 11 is 1.18. The molecule has 0 radical (unpaired) electrons. The molecule has 1 aliphatic heterocycles. The summed E-state index contributed by atoms with van der Waals surface area (Å²) in [5, 5.41) is 4.94. The summed E-state index contributed by atoms with van der Waals surface area (Å²) in [5.74, 6) is -3.65. The van der Waals surface area contributed by atoms with E-state index < -0.39 is 53.5 Å². The minimum absolute atomic E-state index is 0.0392. The molecular formula is C45H57N5O8S. The summed E-state index contributed by atoms with van der Waals surface area (Å²) in [6.07, 6.45) is 2.00.